The Bertz CT molecular complexity index is 381. The molecule has 0 saturated carbocycles. The van der Waals surface area contributed by atoms with Gasteiger partial charge in [-0.15, -0.1) is 0 Å². The molecular weight excluding hydrogens is 206 g/mol. The maximum absolute atomic E-state index is 11.9. The van der Waals surface area contributed by atoms with E-state index in [-0.39, 0.29) is 12.5 Å². The Labute approximate surface area is 95.5 Å². The third kappa shape index (κ3) is 2.41. The second kappa shape index (κ2) is 4.65. The summed E-state index contributed by atoms with van der Waals surface area (Å²) >= 11 is 0. The molecule has 1 aromatic heterocycles. The van der Waals surface area contributed by atoms with Crippen molar-refractivity contribution in [2.45, 2.75) is 32.7 Å². The zero-order valence-corrected chi connectivity index (χ0v) is 10.2. The van der Waals surface area contributed by atoms with Crippen LogP contribution in [0.5, 0.6) is 0 Å². The first-order chi connectivity index (χ1) is 7.43. The van der Waals surface area contributed by atoms with Gasteiger partial charge in [-0.3, -0.25) is 9.48 Å². The SMILES string of the molecule is CCC(C)(CO)NC(=O)c1cnn(C)c1C. The van der Waals surface area contributed by atoms with Crippen molar-refractivity contribution >= 4 is 5.91 Å². The number of nitrogens with one attached hydrogen (secondary N) is 1. The molecule has 1 heterocycles. The van der Waals surface area contributed by atoms with E-state index in [2.05, 4.69) is 10.4 Å². The molecule has 16 heavy (non-hydrogen) atoms. The van der Waals surface area contributed by atoms with Gasteiger partial charge in [0.2, 0.25) is 0 Å². The van der Waals surface area contributed by atoms with E-state index in [0.29, 0.717) is 12.0 Å². The molecule has 1 atom stereocenters. The molecule has 0 aromatic carbocycles. The lowest BCUT2D eigenvalue weighted by atomic mass is 10.00. The topological polar surface area (TPSA) is 67.2 Å². The Morgan fingerprint density at radius 3 is 2.69 bits per heavy atom. The second-order valence-electron chi connectivity index (χ2n) is 4.29. The van der Waals surface area contributed by atoms with E-state index in [1.165, 1.54) is 6.20 Å². The predicted molar refractivity (Wildman–Crippen MR) is 61.2 cm³/mol. The van der Waals surface area contributed by atoms with Crippen LogP contribution in [-0.4, -0.2) is 32.9 Å². The number of rotatable bonds is 4. The summed E-state index contributed by atoms with van der Waals surface area (Å²) in [5, 5.41) is 16.1. The van der Waals surface area contributed by atoms with E-state index in [0.717, 1.165) is 5.69 Å². The van der Waals surface area contributed by atoms with Crippen LogP contribution in [0.25, 0.3) is 0 Å². The number of aliphatic hydroxyl groups is 1. The van der Waals surface area contributed by atoms with Gasteiger partial charge in [-0.2, -0.15) is 5.10 Å². The fourth-order valence-electron chi connectivity index (χ4n) is 1.30. The van der Waals surface area contributed by atoms with E-state index < -0.39 is 5.54 Å². The summed E-state index contributed by atoms with van der Waals surface area (Å²) in [5.74, 6) is -0.191. The van der Waals surface area contributed by atoms with Crippen LogP contribution in [-0.2, 0) is 7.05 Å². The van der Waals surface area contributed by atoms with Crippen LogP contribution in [0.4, 0.5) is 0 Å². The first-order valence-electron chi connectivity index (χ1n) is 5.35. The average molecular weight is 225 g/mol. The number of aryl methyl sites for hydroxylation is 1. The van der Waals surface area contributed by atoms with Crippen molar-refractivity contribution in [2.24, 2.45) is 7.05 Å². The number of aromatic nitrogens is 2. The van der Waals surface area contributed by atoms with Gasteiger partial charge in [0.05, 0.1) is 23.9 Å². The normalized spacial score (nSPS) is 14.6. The minimum absolute atomic E-state index is 0.0749. The lowest BCUT2D eigenvalue weighted by Gasteiger charge is -2.27. The van der Waals surface area contributed by atoms with Crippen molar-refractivity contribution in [1.29, 1.82) is 0 Å². The standard InChI is InChI=1S/C11H19N3O2/c1-5-11(3,7-15)13-10(16)9-6-12-14(4)8(9)2/h6,15H,5,7H2,1-4H3,(H,13,16). The molecule has 0 aliphatic heterocycles. The molecule has 0 radical (unpaired) electrons. The summed E-state index contributed by atoms with van der Waals surface area (Å²) < 4.78 is 1.65. The molecule has 5 heteroatoms. The Kier molecular flexibility index (Phi) is 3.70. The summed E-state index contributed by atoms with van der Waals surface area (Å²) in [6, 6.07) is 0. The van der Waals surface area contributed by atoms with Crippen molar-refractivity contribution < 1.29 is 9.90 Å². The fourth-order valence-corrected chi connectivity index (χ4v) is 1.30. The molecule has 0 bridgehead atoms. The molecule has 1 amide bonds. The lowest BCUT2D eigenvalue weighted by molar-refractivity contribution is 0.0846. The molecule has 1 aromatic rings. The zero-order valence-electron chi connectivity index (χ0n) is 10.2. The first kappa shape index (κ1) is 12.7. The van der Waals surface area contributed by atoms with Crippen LogP contribution >= 0.6 is 0 Å². The van der Waals surface area contributed by atoms with Crippen LogP contribution in [0, 0.1) is 6.92 Å². The summed E-state index contributed by atoms with van der Waals surface area (Å²) in [7, 11) is 1.79. The van der Waals surface area contributed by atoms with E-state index in [1.54, 1.807) is 11.7 Å². The summed E-state index contributed by atoms with van der Waals surface area (Å²) in [5.41, 5.74) is 0.795. The molecule has 1 rings (SSSR count). The van der Waals surface area contributed by atoms with Gasteiger partial charge < -0.3 is 10.4 Å². The number of aliphatic hydroxyl groups excluding tert-OH is 1. The zero-order chi connectivity index (χ0) is 12.3. The van der Waals surface area contributed by atoms with Crippen molar-refractivity contribution in [3.63, 3.8) is 0 Å². The predicted octanol–water partition coefficient (Wildman–Crippen LogP) is 0.619. The summed E-state index contributed by atoms with van der Waals surface area (Å²) in [6.07, 6.45) is 2.21. The monoisotopic (exact) mass is 225 g/mol. The first-order valence-corrected chi connectivity index (χ1v) is 5.35. The summed E-state index contributed by atoms with van der Waals surface area (Å²) in [6.45, 7) is 5.50. The van der Waals surface area contributed by atoms with E-state index in [4.69, 9.17) is 0 Å². The average Bonchev–Trinajstić information content (AvgIpc) is 2.59. The highest BCUT2D eigenvalue weighted by Crippen LogP contribution is 2.11. The van der Waals surface area contributed by atoms with Crippen molar-refractivity contribution in [3.05, 3.63) is 17.5 Å². The minimum Gasteiger partial charge on any atom is -0.394 e. The number of hydrogen-bond acceptors (Lipinski definition) is 3. The van der Waals surface area contributed by atoms with Crippen molar-refractivity contribution in [3.8, 4) is 0 Å². The highest BCUT2D eigenvalue weighted by Gasteiger charge is 2.25. The smallest absolute Gasteiger partial charge is 0.255 e. The number of nitrogens with zero attached hydrogens (tertiary/aromatic N) is 2. The largest absolute Gasteiger partial charge is 0.394 e. The fraction of sp³-hybridized carbons (Fsp3) is 0.636. The molecule has 1 unspecified atom stereocenters. The van der Waals surface area contributed by atoms with Crippen LogP contribution in [0.2, 0.25) is 0 Å². The minimum atomic E-state index is -0.570. The molecule has 0 aliphatic carbocycles. The molecule has 0 spiro atoms. The second-order valence-corrected chi connectivity index (χ2v) is 4.29. The molecule has 0 saturated heterocycles. The third-order valence-corrected chi connectivity index (χ3v) is 3.02. The van der Waals surface area contributed by atoms with Gasteiger partial charge in [-0.05, 0) is 20.3 Å². The van der Waals surface area contributed by atoms with Gasteiger partial charge in [0, 0.05) is 12.7 Å². The van der Waals surface area contributed by atoms with Crippen LogP contribution in [0.1, 0.15) is 36.3 Å². The van der Waals surface area contributed by atoms with Crippen molar-refractivity contribution in [2.75, 3.05) is 6.61 Å². The number of carbonyl (C=O) groups excluding carboxylic acids is 1. The maximum Gasteiger partial charge on any atom is 0.255 e. The molecule has 0 aliphatic rings. The highest BCUT2D eigenvalue weighted by molar-refractivity contribution is 5.95. The molecular formula is C11H19N3O2. The number of carbonyl (C=O) groups is 1. The van der Waals surface area contributed by atoms with Gasteiger partial charge in [0.15, 0.2) is 0 Å². The Balaban J connectivity index is 2.84. The van der Waals surface area contributed by atoms with Crippen LogP contribution in [0.15, 0.2) is 6.20 Å². The van der Waals surface area contributed by atoms with Gasteiger partial charge in [0.25, 0.3) is 5.91 Å². The van der Waals surface area contributed by atoms with Gasteiger partial charge in [-0.1, -0.05) is 6.92 Å². The molecule has 2 N–H and O–H groups in total. The number of hydrogen-bond donors (Lipinski definition) is 2. The van der Waals surface area contributed by atoms with E-state index >= 15 is 0 Å². The molecule has 5 nitrogen and oxygen atoms in total. The maximum atomic E-state index is 11.9. The Morgan fingerprint density at radius 1 is 1.69 bits per heavy atom. The van der Waals surface area contributed by atoms with Crippen LogP contribution < -0.4 is 5.32 Å². The van der Waals surface area contributed by atoms with E-state index in [9.17, 15) is 9.90 Å². The Hall–Kier alpha value is -1.36. The Morgan fingerprint density at radius 2 is 2.31 bits per heavy atom. The quantitative estimate of drug-likeness (QED) is 0.789. The van der Waals surface area contributed by atoms with Gasteiger partial charge in [-0.25, -0.2) is 0 Å². The third-order valence-electron chi connectivity index (χ3n) is 3.02. The van der Waals surface area contributed by atoms with Gasteiger partial charge in [0.1, 0.15) is 0 Å². The van der Waals surface area contributed by atoms with Crippen molar-refractivity contribution in [1.82, 2.24) is 15.1 Å². The summed E-state index contributed by atoms with van der Waals surface area (Å²) in [4.78, 5) is 11.9. The molecule has 90 valence electrons. The highest BCUT2D eigenvalue weighted by atomic mass is 16.3. The molecule has 0 fully saturated rings. The van der Waals surface area contributed by atoms with Gasteiger partial charge >= 0.3 is 0 Å². The number of amides is 1. The van der Waals surface area contributed by atoms with E-state index in [1.807, 2.05) is 20.8 Å². The lowest BCUT2D eigenvalue weighted by Crippen LogP contribution is -2.48. The van der Waals surface area contributed by atoms with Crippen LogP contribution in [0.3, 0.4) is 0 Å².